The van der Waals surface area contributed by atoms with E-state index in [1.54, 1.807) is 4.90 Å². The predicted molar refractivity (Wildman–Crippen MR) is 153 cm³/mol. The van der Waals surface area contributed by atoms with Gasteiger partial charge in [-0.3, -0.25) is 14.5 Å². The zero-order valence-electron chi connectivity index (χ0n) is 22.2. The Bertz CT molecular complexity index is 1480. The molecule has 1 saturated heterocycles. The van der Waals surface area contributed by atoms with E-state index < -0.39 is 12.1 Å². The Balaban J connectivity index is 1.33. The molecule has 2 aliphatic rings. The maximum absolute atomic E-state index is 13.9. The third-order valence-electron chi connectivity index (χ3n) is 7.93. The normalized spacial score (nSPS) is 18.3. The van der Waals surface area contributed by atoms with Gasteiger partial charge in [0.05, 0.1) is 24.9 Å². The second kappa shape index (κ2) is 11.0. The van der Waals surface area contributed by atoms with Crippen LogP contribution in [0, 0.1) is 0 Å². The number of aromatic amines is 1. The summed E-state index contributed by atoms with van der Waals surface area (Å²) in [5.74, 6) is -0.250. The number of fused-ring (bicyclic) bond motifs is 2. The summed E-state index contributed by atoms with van der Waals surface area (Å²) in [6, 6.07) is 25.1. The molecule has 200 valence electrons. The number of carbonyl (C=O) groups is 2. The number of para-hydroxylation sites is 1. The van der Waals surface area contributed by atoms with E-state index in [1.807, 2.05) is 61.5 Å². The third-order valence-corrected chi connectivity index (χ3v) is 7.93. The molecule has 3 aromatic carbocycles. The van der Waals surface area contributed by atoms with Crippen molar-refractivity contribution >= 4 is 22.7 Å². The number of carbonyl (C=O) groups excluding carboxylic acids is 2. The standard InChI is InChI=1S/C32H34N4O3/c1-22(31(37)33-16-9-17-35-18-20-39-21-19-35)36-30(24-12-5-6-13-25(24)32(36)38)28-26-14-7-8-15-27(26)34-29(28)23-10-3-2-4-11-23/h2-8,10-15,22,30,34H,9,16-21H2,1H3,(H,33,37)/t22-,30-/m1/s1. The lowest BCUT2D eigenvalue weighted by Gasteiger charge is -2.31. The van der Waals surface area contributed by atoms with Crippen molar-refractivity contribution in [1.82, 2.24) is 20.1 Å². The quantitative estimate of drug-likeness (QED) is 0.332. The van der Waals surface area contributed by atoms with E-state index in [0.717, 1.165) is 72.6 Å². The number of amides is 2. The second-order valence-corrected chi connectivity index (χ2v) is 10.3. The Morgan fingerprint density at radius 3 is 2.54 bits per heavy atom. The minimum absolute atomic E-state index is 0.115. The first kappa shape index (κ1) is 25.3. The summed E-state index contributed by atoms with van der Waals surface area (Å²) in [5.41, 5.74) is 5.61. The fraction of sp³-hybridized carbons (Fsp3) is 0.312. The van der Waals surface area contributed by atoms with Crippen LogP contribution in [0.3, 0.4) is 0 Å². The smallest absolute Gasteiger partial charge is 0.255 e. The molecule has 39 heavy (non-hydrogen) atoms. The summed E-state index contributed by atoms with van der Waals surface area (Å²) in [6.07, 6.45) is 0.858. The van der Waals surface area contributed by atoms with Crippen molar-refractivity contribution in [2.45, 2.75) is 25.4 Å². The topological polar surface area (TPSA) is 77.7 Å². The maximum atomic E-state index is 13.9. The van der Waals surface area contributed by atoms with Gasteiger partial charge in [-0.15, -0.1) is 0 Å². The summed E-state index contributed by atoms with van der Waals surface area (Å²) in [4.78, 5) is 35.1. The highest BCUT2D eigenvalue weighted by atomic mass is 16.5. The highest BCUT2D eigenvalue weighted by molar-refractivity contribution is 6.04. The molecule has 7 nitrogen and oxygen atoms in total. The lowest BCUT2D eigenvalue weighted by atomic mass is 9.92. The number of rotatable bonds is 8. The van der Waals surface area contributed by atoms with Crippen LogP contribution in [0.2, 0.25) is 0 Å². The fourth-order valence-electron chi connectivity index (χ4n) is 5.92. The van der Waals surface area contributed by atoms with Gasteiger partial charge in [-0.05, 0) is 43.1 Å². The molecular formula is C32H34N4O3. The minimum atomic E-state index is -0.643. The first-order valence-electron chi connectivity index (χ1n) is 13.8. The van der Waals surface area contributed by atoms with Gasteiger partial charge >= 0.3 is 0 Å². The Morgan fingerprint density at radius 2 is 1.72 bits per heavy atom. The van der Waals surface area contributed by atoms with Crippen LogP contribution >= 0.6 is 0 Å². The molecule has 0 aliphatic carbocycles. The van der Waals surface area contributed by atoms with Crippen LogP contribution in [0.4, 0.5) is 0 Å². The number of ether oxygens (including phenoxy) is 1. The summed E-state index contributed by atoms with van der Waals surface area (Å²) >= 11 is 0. The number of hydrogen-bond acceptors (Lipinski definition) is 4. The van der Waals surface area contributed by atoms with Gasteiger partial charge in [0, 0.05) is 41.7 Å². The number of benzene rings is 3. The van der Waals surface area contributed by atoms with Crippen molar-refractivity contribution in [2.75, 3.05) is 39.4 Å². The van der Waals surface area contributed by atoms with Crippen LogP contribution in [-0.2, 0) is 9.53 Å². The van der Waals surface area contributed by atoms with E-state index in [1.165, 1.54) is 0 Å². The summed E-state index contributed by atoms with van der Waals surface area (Å²) in [7, 11) is 0. The molecule has 7 heteroatoms. The van der Waals surface area contributed by atoms with E-state index in [0.29, 0.717) is 12.1 Å². The lowest BCUT2D eigenvalue weighted by molar-refractivity contribution is -0.125. The SMILES string of the molecule is C[C@H](C(=O)NCCCN1CCOCC1)N1C(=O)c2ccccc2[C@@H]1c1c(-c2ccccc2)[nH]c2ccccc12. The predicted octanol–water partition coefficient (Wildman–Crippen LogP) is 4.61. The first-order valence-corrected chi connectivity index (χ1v) is 13.8. The van der Waals surface area contributed by atoms with Gasteiger partial charge in [0.25, 0.3) is 5.91 Å². The van der Waals surface area contributed by atoms with Crippen molar-refractivity contribution in [3.05, 3.63) is 95.6 Å². The van der Waals surface area contributed by atoms with Crippen LogP contribution in [0.5, 0.6) is 0 Å². The molecule has 1 aromatic heterocycles. The van der Waals surface area contributed by atoms with Crippen LogP contribution in [-0.4, -0.2) is 72.0 Å². The monoisotopic (exact) mass is 522 g/mol. The molecule has 1 fully saturated rings. The average molecular weight is 523 g/mol. The molecule has 3 heterocycles. The number of morpholine rings is 1. The number of aromatic nitrogens is 1. The maximum Gasteiger partial charge on any atom is 0.255 e. The van der Waals surface area contributed by atoms with Crippen molar-refractivity contribution in [1.29, 1.82) is 0 Å². The Morgan fingerprint density at radius 1 is 1.00 bits per heavy atom. The van der Waals surface area contributed by atoms with Gasteiger partial charge in [-0.2, -0.15) is 0 Å². The van der Waals surface area contributed by atoms with E-state index in [9.17, 15) is 9.59 Å². The molecule has 2 N–H and O–H groups in total. The molecular weight excluding hydrogens is 488 g/mol. The van der Waals surface area contributed by atoms with Gasteiger partial charge < -0.3 is 19.9 Å². The number of H-pyrrole nitrogens is 1. The van der Waals surface area contributed by atoms with E-state index >= 15 is 0 Å². The largest absolute Gasteiger partial charge is 0.379 e. The van der Waals surface area contributed by atoms with Crippen LogP contribution < -0.4 is 5.32 Å². The molecule has 6 rings (SSSR count). The fourth-order valence-corrected chi connectivity index (χ4v) is 5.92. The molecule has 4 aromatic rings. The summed E-state index contributed by atoms with van der Waals surface area (Å²) < 4.78 is 5.42. The Kier molecular flexibility index (Phi) is 7.18. The van der Waals surface area contributed by atoms with Crippen molar-refractivity contribution < 1.29 is 14.3 Å². The van der Waals surface area contributed by atoms with Crippen molar-refractivity contribution in [3.8, 4) is 11.3 Å². The van der Waals surface area contributed by atoms with Gasteiger partial charge in [-0.1, -0.05) is 66.7 Å². The third kappa shape index (κ3) is 4.84. The zero-order chi connectivity index (χ0) is 26.8. The molecule has 0 unspecified atom stereocenters. The zero-order valence-corrected chi connectivity index (χ0v) is 22.2. The molecule has 0 spiro atoms. The number of hydrogen-bond donors (Lipinski definition) is 2. The lowest BCUT2D eigenvalue weighted by Crippen LogP contribution is -2.47. The Labute approximate surface area is 228 Å². The minimum Gasteiger partial charge on any atom is -0.379 e. The molecule has 2 amide bonds. The molecule has 2 aliphatic heterocycles. The van der Waals surface area contributed by atoms with Crippen molar-refractivity contribution in [2.24, 2.45) is 0 Å². The van der Waals surface area contributed by atoms with Gasteiger partial charge in [0.2, 0.25) is 5.91 Å². The van der Waals surface area contributed by atoms with Gasteiger partial charge in [-0.25, -0.2) is 0 Å². The van der Waals surface area contributed by atoms with E-state index in [-0.39, 0.29) is 11.8 Å². The van der Waals surface area contributed by atoms with Crippen LogP contribution in [0.1, 0.15) is 40.9 Å². The molecule has 0 saturated carbocycles. The first-order chi connectivity index (χ1) is 19.1. The molecule has 2 atom stereocenters. The molecule has 0 radical (unpaired) electrons. The number of nitrogens with zero attached hydrogens (tertiary/aromatic N) is 2. The van der Waals surface area contributed by atoms with Crippen LogP contribution in [0.15, 0.2) is 78.9 Å². The van der Waals surface area contributed by atoms with E-state index in [4.69, 9.17) is 4.74 Å². The van der Waals surface area contributed by atoms with Crippen LogP contribution in [0.25, 0.3) is 22.2 Å². The van der Waals surface area contributed by atoms with Crippen molar-refractivity contribution in [3.63, 3.8) is 0 Å². The summed E-state index contributed by atoms with van der Waals surface area (Å²) in [5, 5.41) is 4.15. The average Bonchev–Trinajstić information content (AvgIpc) is 3.51. The highest BCUT2D eigenvalue weighted by Crippen LogP contribution is 2.46. The van der Waals surface area contributed by atoms with E-state index in [2.05, 4.69) is 39.5 Å². The second-order valence-electron chi connectivity index (χ2n) is 10.3. The summed E-state index contributed by atoms with van der Waals surface area (Å²) in [6.45, 7) is 6.72. The van der Waals surface area contributed by atoms with Gasteiger partial charge in [0.1, 0.15) is 6.04 Å². The number of nitrogens with one attached hydrogen (secondary N) is 2. The van der Waals surface area contributed by atoms with Gasteiger partial charge in [0.15, 0.2) is 0 Å². The Hall–Kier alpha value is -3.94. The highest BCUT2D eigenvalue weighted by Gasteiger charge is 2.44. The molecule has 0 bridgehead atoms.